The van der Waals surface area contributed by atoms with Crippen molar-refractivity contribution in [1.29, 1.82) is 0 Å². The van der Waals surface area contributed by atoms with E-state index in [4.69, 9.17) is 9.47 Å². The standard InChI is InChI=1S/C10H14O2.C9H12O2/c1-2-12-10(11)9-6-7-3-4-8(9)5-7;1-11-9(10)8-5-6-2-3-7(8)4-6/h3-4,7-9H,2,5-6H2,1H3;2-3,6-8H,4-5H2,1H3. The van der Waals surface area contributed by atoms with Gasteiger partial charge in [-0.2, -0.15) is 0 Å². The minimum atomic E-state index is -0.0261. The Hall–Kier alpha value is -1.58. The van der Waals surface area contributed by atoms with E-state index in [2.05, 4.69) is 24.3 Å². The van der Waals surface area contributed by atoms with Gasteiger partial charge in [-0.15, -0.1) is 0 Å². The van der Waals surface area contributed by atoms with Gasteiger partial charge in [-0.25, -0.2) is 0 Å². The fourth-order valence-corrected chi connectivity index (χ4v) is 4.50. The average molecular weight is 318 g/mol. The van der Waals surface area contributed by atoms with Crippen molar-refractivity contribution in [2.45, 2.75) is 32.6 Å². The molecule has 2 fully saturated rings. The summed E-state index contributed by atoms with van der Waals surface area (Å²) in [5.74, 6) is 2.58. The van der Waals surface area contributed by atoms with Crippen molar-refractivity contribution < 1.29 is 19.1 Å². The van der Waals surface area contributed by atoms with Crippen LogP contribution >= 0.6 is 0 Å². The molecular formula is C19H26O4. The second kappa shape index (κ2) is 6.90. The molecular weight excluding hydrogens is 292 g/mol. The summed E-state index contributed by atoms with van der Waals surface area (Å²) < 4.78 is 9.72. The van der Waals surface area contributed by atoms with Crippen molar-refractivity contribution in [3.63, 3.8) is 0 Å². The predicted octanol–water partition coefficient (Wildman–Crippen LogP) is 3.13. The van der Waals surface area contributed by atoms with E-state index in [9.17, 15) is 9.59 Å². The van der Waals surface area contributed by atoms with Gasteiger partial charge in [0, 0.05) is 0 Å². The Bertz CT molecular complexity index is 521. The first-order chi connectivity index (χ1) is 11.1. The van der Waals surface area contributed by atoms with Crippen LogP contribution in [0.1, 0.15) is 32.6 Å². The number of hydrogen-bond acceptors (Lipinski definition) is 4. The zero-order valence-electron chi connectivity index (χ0n) is 13.9. The Labute approximate surface area is 137 Å². The summed E-state index contributed by atoms with van der Waals surface area (Å²) in [5, 5.41) is 0. The summed E-state index contributed by atoms with van der Waals surface area (Å²) in [4.78, 5) is 22.5. The largest absolute Gasteiger partial charge is 0.469 e. The summed E-state index contributed by atoms with van der Waals surface area (Å²) >= 11 is 0. The number of rotatable bonds is 3. The van der Waals surface area contributed by atoms with Crippen LogP contribution in [-0.4, -0.2) is 25.7 Å². The molecule has 126 valence electrons. The molecule has 6 unspecified atom stereocenters. The summed E-state index contributed by atoms with van der Waals surface area (Å²) in [5.41, 5.74) is 0. The van der Waals surface area contributed by atoms with E-state index >= 15 is 0 Å². The summed E-state index contributed by atoms with van der Waals surface area (Å²) in [6.45, 7) is 2.37. The molecule has 0 amide bonds. The molecule has 4 aliphatic carbocycles. The highest BCUT2D eigenvalue weighted by Gasteiger charge is 2.41. The van der Waals surface area contributed by atoms with Gasteiger partial charge >= 0.3 is 11.9 Å². The maximum absolute atomic E-state index is 11.4. The van der Waals surface area contributed by atoms with Crippen LogP contribution in [0.15, 0.2) is 24.3 Å². The molecule has 4 rings (SSSR count). The van der Waals surface area contributed by atoms with Gasteiger partial charge in [0.1, 0.15) is 0 Å². The molecule has 0 aromatic rings. The number of ether oxygens (including phenoxy) is 2. The van der Waals surface area contributed by atoms with E-state index in [0.29, 0.717) is 30.3 Å². The quantitative estimate of drug-likeness (QED) is 0.592. The van der Waals surface area contributed by atoms with Crippen LogP contribution in [0.3, 0.4) is 0 Å². The van der Waals surface area contributed by atoms with Crippen molar-refractivity contribution in [1.82, 2.24) is 0 Å². The summed E-state index contributed by atoms with van der Waals surface area (Å²) in [7, 11) is 1.47. The van der Waals surface area contributed by atoms with Crippen molar-refractivity contribution in [2.24, 2.45) is 35.5 Å². The molecule has 4 aliphatic rings. The minimum Gasteiger partial charge on any atom is -0.469 e. The lowest BCUT2D eigenvalue weighted by molar-refractivity contribution is -0.149. The lowest BCUT2D eigenvalue weighted by atomic mass is 9.94. The number of carbonyl (C=O) groups excluding carboxylic acids is 2. The van der Waals surface area contributed by atoms with Gasteiger partial charge in [0.05, 0.1) is 25.6 Å². The van der Waals surface area contributed by atoms with E-state index in [1.165, 1.54) is 20.0 Å². The number of hydrogen-bond donors (Lipinski definition) is 0. The normalized spacial score (nSPS) is 38.3. The van der Waals surface area contributed by atoms with Gasteiger partial charge in [0.25, 0.3) is 0 Å². The topological polar surface area (TPSA) is 52.6 Å². The first kappa shape index (κ1) is 16.3. The van der Waals surface area contributed by atoms with Gasteiger partial charge in [-0.3, -0.25) is 9.59 Å². The second-order valence-electron chi connectivity index (χ2n) is 7.05. The minimum absolute atomic E-state index is 0.00866. The van der Waals surface area contributed by atoms with E-state index in [1.54, 1.807) is 0 Å². The van der Waals surface area contributed by atoms with E-state index in [1.807, 2.05) is 6.92 Å². The fraction of sp³-hybridized carbons (Fsp3) is 0.684. The van der Waals surface area contributed by atoms with Crippen molar-refractivity contribution in [3.05, 3.63) is 24.3 Å². The van der Waals surface area contributed by atoms with Crippen molar-refractivity contribution in [3.8, 4) is 0 Å². The Morgan fingerprint density at radius 1 is 0.870 bits per heavy atom. The second-order valence-corrected chi connectivity index (χ2v) is 7.05. The molecule has 4 bridgehead atoms. The van der Waals surface area contributed by atoms with Crippen molar-refractivity contribution >= 4 is 11.9 Å². The highest BCUT2D eigenvalue weighted by Crippen LogP contribution is 2.44. The molecule has 0 aromatic carbocycles. The zero-order valence-corrected chi connectivity index (χ0v) is 13.9. The molecule has 0 heterocycles. The SMILES string of the molecule is CCOC(=O)C1CC2C=CC1C2.COC(=O)C1CC2C=CC1C2. The Kier molecular flexibility index (Phi) is 4.88. The molecule has 0 saturated heterocycles. The number of esters is 2. The molecule has 4 nitrogen and oxygen atoms in total. The van der Waals surface area contributed by atoms with Crippen LogP contribution in [0.5, 0.6) is 0 Å². The highest BCUT2D eigenvalue weighted by atomic mass is 16.5. The molecule has 0 spiro atoms. The highest BCUT2D eigenvalue weighted by molar-refractivity contribution is 5.74. The molecule has 23 heavy (non-hydrogen) atoms. The molecule has 6 atom stereocenters. The van der Waals surface area contributed by atoms with Gasteiger partial charge in [-0.05, 0) is 56.3 Å². The average Bonchev–Trinajstić information content (AvgIpc) is 3.34. The first-order valence-corrected chi connectivity index (χ1v) is 8.73. The third-order valence-electron chi connectivity index (χ3n) is 5.65. The van der Waals surface area contributed by atoms with Crippen LogP contribution in [0, 0.1) is 35.5 Å². The van der Waals surface area contributed by atoms with Crippen LogP contribution in [0.4, 0.5) is 0 Å². The third kappa shape index (κ3) is 3.36. The molecule has 2 saturated carbocycles. The summed E-state index contributed by atoms with van der Waals surface area (Å²) in [6.07, 6.45) is 13.2. The molecule has 0 aliphatic heterocycles. The van der Waals surface area contributed by atoms with Gasteiger partial charge < -0.3 is 9.47 Å². The smallest absolute Gasteiger partial charge is 0.309 e. The van der Waals surface area contributed by atoms with Gasteiger partial charge in [0.15, 0.2) is 0 Å². The van der Waals surface area contributed by atoms with Crippen LogP contribution < -0.4 is 0 Å². The van der Waals surface area contributed by atoms with Crippen LogP contribution in [0.25, 0.3) is 0 Å². The van der Waals surface area contributed by atoms with E-state index in [-0.39, 0.29) is 23.8 Å². The number of fused-ring (bicyclic) bond motifs is 4. The van der Waals surface area contributed by atoms with E-state index in [0.717, 1.165) is 12.8 Å². The fourth-order valence-electron chi connectivity index (χ4n) is 4.50. The maximum Gasteiger partial charge on any atom is 0.309 e. The van der Waals surface area contributed by atoms with Crippen molar-refractivity contribution in [2.75, 3.05) is 13.7 Å². The van der Waals surface area contributed by atoms with Crippen LogP contribution in [-0.2, 0) is 19.1 Å². The molecule has 0 radical (unpaired) electrons. The monoisotopic (exact) mass is 318 g/mol. The molecule has 4 heteroatoms. The lowest BCUT2D eigenvalue weighted by Gasteiger charge is -2.15. The Morgan fingerprint density at radius 3 is 1.74 bits per heavy atom. The lowest BCUT2D eigenvalue weighted by Crippen LogP contribution is -2.21. The van der Waals surface area contributed by atoms with Gasteiger partial charge in [-0.1, -0.05) is 24.3 Å². The van der Waals surface area contributed by atoms with Gasteiger partial charge in [0.2, 0.25) is 0 Å². The zero-order chi connectivity index (χ0) is 16.4. The summed E-state index contributed by atoms with van der Waals surface area (Å²) in [6, 6.07) is 0. The van der Waals surface area contributed by atoms with Crippen LogP contribution in [0.2, 0.25) is 0 Å². The molecule has 0 N–H and O–H groups in total. The third-order valence-corrected chi connectivity index (χ3v) is 5.65. The van der Waals surface area contributed by atoms with E-state index < -0.39 is 0 Å². The number of allylic oxidation sites excluding steroid dienone is 4. The predicted molar refractivity (Wildman–Crippen MR) is 86.3 cm³/mol. The Balaban J connectivity index is 0.000000136. The first-order valence-electron chi connectivity index (χ1n) is 8.73. The maximum atomic E-state index is 11.4. The number of methoxy groups -OCH3 is 1. The molecule has 0 aromatic heterocycles. The number of carbonyl (C=O) groups is 2. The Morgan fingerprint density at radius 2 is 1.39 bits per heavy atom.